The van der Waals surface area contributed by atoms with Crippen LogP contribution in [0.2, 0.25) is 0 Å². The number of carbonyl (C=O) groups is 2. The summed E-state index contributed by atoms with van der Waals surface area (Å²) in [5, 5.41) is 14.7. The van der Waals surface area contributed by atoms with Gasteiger partial charge in [0.25, 0.3) is 0 Å². The van der Waals surface area contributed by atoms with Gasteiger partial charge in [0.1, 0.15) is 11.4 Å². The summed E-state index contributed by atoms with van der Waals surface area (Å²) in [6.45, 7) is 1.25. The van der Waals surface area contributed by atoms with Crippen molar-refractivity contribution in [1.29, 1.82) is 0 Å². The molecule has 0 radical (unpaired) electrons. The van der Waals surface area contributed by atoms with Gasteiger partial charge in [-0.25, -0.2) is 8.42 Å². The van der Waals surface area contributed by atoms with Gasteiger partial charge in [-0.3, -0.25) is 14.3 Å². The number of amides is 1. The molecule has 0 bridgehead atoms. The minimum absolute atomic E-state index is 0.138. The molecule has 0 atom stereocenters. The first-order valence-electron chi connectivity index (χ1n) is 6.26. The molecule has 10 heteroatoms. The lowest BCUT2D eigenvalue weighted by Gasteiger charge is -2.19. The van der Waals surface area contributed by atoms with Crippen LogP contribution in [0.4, 0.5) is 0 Å². The SMILES string of the molecule is CCCN(CC(=O)NC)S(=O)(=O)c1cnn(CC(=O)O)c1. The molecule has 1 rings (SSSR count). The van der Waals surface area contributed by atoms with Crippen molar-refractivity contribution in [3.8, 4) is 0 Å². The number of carboxylic acid groups (broad SMARTS) is 1. The fraction of sp³-hybridized carbons (Fsp3) is 0.545. The van der Waals surface area contributed by atoms with Crippen molar-refractivity contribution in [1.82, 2.24) is 19.4 Å². The highest BCUT2D eigenvalue weighted by molar-refractivity contribution is 7.89. The van der Waals surface area contributed by atoms with Crippen LogP contribution in [0.15, 0.2) is 17.3 Å². The van der Waals surface area contributed by atoms with Gasteiger partial charge in [-0.15, -0.1) is 0 Å². The summed E-state index contributed by atoms with van der Waals surface area (Å²) in [4.78, 5) is 21.8. The molecule has 1 amide bonds. The molecule has 2 N–H and O–H groups in total. The van der Waals surface area contributed by atoms with Crippen LogP contribution < -0.4 is 5.32 Å². The second kappa shape index (κ2) is 7.18. The second-order valence-electron chi connectivity index (χ2n) is 4.28. The third kappa shape index (κ3) is 4.53. The van der Waals surface area contributed by atoms with E-state index in [0.29, 0.717) is 6.42 Å². The Morgan fingerprint density at radius 3 is 2.67 bits per heavy atom. The minimum atomic E-state index is -3.89. The molecule has 0 spiro atoms. The van der Waals surface area contributed by atoms with Crippen LogP contribution in [0.3, 0.4) is 0 Å². The van der Waals surface area contributed by atoms with Crippen molar-refractivity contribution in [2.45, 2.75) is 24.8 Å². The summed E-state index contributed by atoms with van der Waals surface area (Å²) in [5.41, 5.74) is 0. The van der Waals surface area contributed by atoms with E-state index >= 15 is 0 Å². The van der Waals surface area contributed by atoms with Crippen LogP contribution in [0.5, 0.6) is 0 Å². The van der Waals surface area contributed by atoms with E-state index in [2.05, 4.69) is 10.4 Å². The molecule has 0 aliphatic rings. The van der Waals surface area contributed by atoms with Gasteiger partial charge in [0.15, 0.2) is 0 Å². The lowest BCUT2D eigenvalue weighted by atomic mass is 10.4. The molecule has 118 valence electrons. The molecule has 0 aliphatic carbocycles. The number of aromatic nitrogens is 2. The van der Waals surface area contributed by atoms with Gasteiger partial charge in [-0.2, -0.15) is 9.40 Å². The average molecular weight is 318 g/mol. The Kier molecular flexibility index (Phi) is 5.85. The van der Waals surface area contributed by atoms with Crippen LogP contribution in [-0.2, 0) is 26.2 Å². The maximum Gasteiger partial charge on any atom is 0.325 e. The fourth-order valence-corrected chi connectivity index (χ4v) is 3.07. The first kappa shape index (κ1) is 17.1. The van der Waals surface area contributed by atoms with Gasteiger partial charge in [-0.05, 0) is 6.42 Å². The first-order valence-corrected chi connectivity index (χ1v) is 7.70. The average Bonchev–Trinajstić information content (AvgIpc) is 2.86. The Bertz CT molecular complexity index is 610. The quantitative estimate of drug-likeness (QED) is 0.641. The second-order valence-corrected chi connectivity index (χ2v) is 6.22. The molecule has 1 aromatic rings. The maximum absolute atomic E-state index is 12.4. The van der Waals surface area contributed by atoms with Gasteiger partial charge < -0.3 is 10.4 Å². The summed E-state index contributed by atoms with van der Waals surface area (Å²) < 4.78 is 26.9. The zero-order valence-corrected chi connectivity index (χ0v) is 12.6. The lowest BCUT2D eigenvalue weighted by Crippen LogP contribution is -2.39. The Morgan fingerprint density at radius 1 is 1.48 bits per heavy atom. The van der Waals surface area contributed by atoms with E-state index in [1.165, 1.54) is 7.05 Å². The Morgan fingerprint density at radius 2 is 2.14 bits per heavy atom. The summed E-state index contributed by atoms with van der Waals surface area (Å²) in [6.07, 6.45) is 2.75. The lowest BCUT2D eigenvalue weighted by molar-refractivity contribution is -0.137. The van der Waals surface area contributed by atoms with E-state index < -0.39 is 28.4 Å². The molecule has 0 aliphatic heterocycles. The molecule has 21 heavy (non-hydrogen) atoms. The molecule has 1 heterocycles. The smallest absolute Gasteiger partial charge is 0.325 e. The summed E-state index contributed by atoms with van der Waals surface area (Å²) in [7, 11) is -2.47. The van der Waals surface area contributed by atoms with Gasteiger partial charge >= 0.3 is 5.97 Å². The van der Waals surface area contributed by atoms with Crippen LogP contribution in [0.1, 0.15) is 13.3 Å². The van der Waals surface area contributed by atoms with Gasteiger partial charge in [0.2, 0.25) is 15.9 Å². The van der Waals surface area contributed by atoms with E-state index in [-0.39, 0.29) is 18.0 Å². The highest BCUT2D eigenvalue weighted by Crippen LogP contribution is 2.15. The number of nitrogens with zero attached hydrogens (tertiary/aromatic N) is 3. The van der Waals surface area contributed by atoms with Gasteiger partial charge in [0.05, 0.1) is 12.7 Å². The molecule has 0 saturated heterocycles. The van der Waals surface area contributed by atoms with Gasteiger partial charge in [-0.1, -0.05) is 6.92 Å². The predicted octanol–water partition coefficient (Wildman–Crippen LogP) is -0.886. The van der Waals surface area contributed by atoms with Crippen LogP contribution in [-0.4, -0.2) is 59.6 Å². The summed E-state index contributed by atoms with van der Waals surface area (Å²) >= 11 is 0. The molecular weight excluding hydrogens is 300 g/mol. The topological polar surface area (TPSA) is 122 Å². The first-order chi connectivity index (χ1) is 9.81. The number of carboxylic acids is 1. The number of carbonyl (C=O) groups excluding carboxylic acids is 1. The monoisotopic (exact) mass is 318 g/mol. The number of sulfonamides is 1. The van der Waals surface area contributed by atoms with Crippen molar-refractivity contribution in [2.24, 2.45) is 0 Å². The zero-order chi connectivity index (χ0) is 16.0. The van der Waals surface area contributed by atoms with E-state index in [4.69, 9.17) is 5.11 Å². The number of aliphatic carboxylic acids is 1. The fourth-order valence-electron chi connectivity index (χ4n) is 1.62. The Labute approximate surface area is 122 Å². The predicted molar refractivity (Wildman–Crippen MR) is 73.0 cm³/mol. The van der Waals surface area contributed by atoms with Crippen molar-refractivity contribution in [3.05, 3.63) is 12.4 Å². The number of likely N-dealkylation sites (N-methyl/N-ethyl adjacent to an activating group) is 1. The summed E-state index contributed by atoms with van der Waals surface area (Å²) in [5.74, 6) is -1.55. The molecule has 0 saturated carbocycles. The van der Waals surface area contributed by atoms with Crippen molar-refractivity contribution >= 4 is 21.9 Å². The molecule has 0 aromatic carbocycles. The molecular formula is C11H18N4O5S. The standard InChI is InChI=1S/C11H18N4O5S/c1-3-4-15(7-10(16)12-2)21(19,20)9-5-13-14(6-9)8-11(17)18/h5-6H,3-4,7-8H2,1-2H3,(H,12,16)(H,17,18). The number of rotatable bonds is 8. The van der Waals surface area contributed by atoms with Crippen LogP contribution in [0.25, 0.3) is 0 Å². The van der Waals surface area contributed by atoms with E-state index in [1.807, 2.05) is 0 Å². The molecule has 9 nitrogen and oxygen atoms in total. The van der Waals surface area contributed by atoms with Crippen molar-refractivity contribution in [3.63, 3.8) is 0 Å². The van der Waals surface area contributed by atoms with E-state index in [0.717, 1.165) is 21.4 Å². The highest BCUT2D eigenvalue weighted by atomic mass is 32.2. The van der Waals surface area contributed by atoms with E-state index in [1.54, 1.807) is 6.92 Å². The largest absolute Gasteiger partial charge is 0.480 e. The summed E-state index contributed by atoms with van der Waals surface area (Å²) in [6, 6.07) is 0. The number of nitrogens with one attached hydrogen (secondary N) is 1. The molecule has 0 fully saturated rings. The number of hydrogen-bond acceptors (Lipinski definition) is 5. The Balaban J connectivity index is 3.01. The molecule has 1 aromatic heterocycles. The third-order valence-electron chi connectivity index (χ3n) is 2.62. The van der Waals surface area contributed by atoms with Gasteiger partial charge in [0, 0.05) is 19.8 Å². The van der Waals surface area contributed by atoms with Crippen LogP contribution in [0, 0.1) is 0 Å². The normalized spacial score (nSPS) is 11.6. The highest BCUT2D eigenvalue weighted by Gasteiger charge is 2.27. The Hall–Kier alpha value is -1.94. The van der Waals surface area contributed by atoms with Crippen molar-refractivity contribution < 1.29 is 23.1 Å². The third-order valence-corrected chi connectivity index (χ3v) is 4.41. The van der Waals surface area contributed by atoms with E-state index in [9.17, 15) is 18.0 Å². The zero-order valence-electron chi connectivity index (χ0n) is 11.8. The minimum Gasteiger partial charge on any atom is -0.480 e. The maximum atomic E-state index is 12.4. The molecule has 0 unspecified atom stereocenters. The number of hydrogen-bond donors (Lipinski definition) is 2. The van der Waals surface area contributed by atoms with Crippen molar-refractivity contribution in [2.75, 3.05) is 20.1 Å². The van der Waals surface area contributed by atoms with Crippen LogP contribution >= 0.6 is 0 Å².